The van der Waals surface area contributed by atoms with Crippen LogP contribution in [0.4, 0.5) is 17.2 Å². The van der Waals surface area contributed by atoms with Gasteiger partial charge in [0, 0.05) is 32.1 Å². The molecule has 2 aliphatic heterocycles. The summed E-state index contributed by atoms with van der Waals surface area (Å²) in [5.74, 6) is 2.07. The number of anilines is 3. The first-order valence-electron chi connectivity index (χ1n) is 11.1. The van der Waals surface area contributed by atoms with Gasteiger partial charge < -0.3 is 25.3 Å². The molecule has 0 aliphatic carbocycles. The highest BCUT2D eigenvalue weighted by Crippen LogP contribution is 2.35. The lowest BCUT2D eigenvalue weighted by atomic mass is 10.1. The number of amides is 1. The van der Waals surface area contributed by atoms with E-state index in [4.69, 9.17) is 4.74 Å². The normalized spacial score (nSPS) is 16.7. The van der Waals surface area contributed by atoms with Crippen molar-refractivity contribution in [3.8, 4) is 5.75 Å². The lowest BCUT2D eigenvalue weighted by molar-refractivity contribution is 0.0929. The van der Waals surface area contributed by atoms with E-state index in [9.17, 15) is 4.79 Å². The average Bonchev–Trinajstić information content (AvgIpc) is 3.56. The van der Waals surface area contributed by atoms with Crippen LogP contribution in [0.25, 0.3) is 5.65 Å². The molecule has 3 aromatic heterocycles. The number of fused-ring (bicyclic) bond motifs is 3. The summed E-state index contributed by atoms with van der Waals surface area (Å²) in [7, 11) is 1.82. The number of nitrogens with zero attached hydrogens (tertiary/aromatic N) is 5. The summed E-state index contributed by atoms with van der Waals surface area (Å²) in [6.07, 6.45) is 8.06. The van der Waals surface area contributed by atoms with E-state index in [0.29, 0.717) is 23.8 Å². The first-order valence-corrected chi connectivity index (χ1v) is 11.1. The molecule has 1 amide bonds. The Labute approximate surface area is 190 Å². The number of imidazole rings is 2. The molecule has 2 aliphatic rings. The quantitative estimate of drug-likeness (QED) is 0.434. The van der Waals surface area contributed by atoms with E-state index in [1.807, 2.05) is 31.4 Å². The van der Waals surface area contributed by atoms with Crippen molar-refractivity contribution in [3.63, 3.8) is 0 Å². The SMILES string of the molecule is CNc1cc(Nc2cccc3c2OCCC3)nn2c(C(=O)NC3CCn4ccnc43)cnc12. The van der Waals surface area contributed by atoms with Crippen LogP contribution in [-0.2, 0) is 13.0 Å². The van der Waals surface area contributed by atoms with Gasteiger partial charge in [0.05, 0.1) is 30.2 Å². The molecule has 0 bridgehead atoms. The maximum Gasteiger partial charge on any atom is 0.272 e. The second-order valence-electron chi connectivity index (χ2n) is 8.24. The summed E-state index contributed by atoms with van der Waals surface area (Å²) in [4.78, 5) is 22.0. The lowest BCUT2D eigenvalue weighted by Gasteiger charge is -2.21. The van der Waals surface area contributed by atoms with Gasteiger partial charge in [-0.25, -0.2) is 14.5 Å². The van der Waals surface area contributed by atoms with Crippen LogP contribution in [-0.4, -0.2) is 43.7 Å². The Morgan fingerprint density at radius 1 is 1.24 bits per heavy atom. The van der Waals surface area contributed by atoms with Crippen LogP contribution in [0, 0.1) is 0 Å². The molecule has 0 radical (unpaired) electrons. The predicted octanol–water partition coefficient (Wildman–Crippen LogP) is 2.91. The molecule has 0 spiro atoms. The molecule has 10 nitrogen and oxygen atoms in total. The molecule has 0 saturated heterocycles. The van der Waals surface area contributed by atoms with E-state index >= 15 is 0 Å². The maximum atomic E-state index is 13.2. The summed E-state index contributed by atoms with van der Waals surface area (Å²) < 4.78 is 9.54. The fourth-order valence-electron chi connectivity index (χ4n) is 4.58. The molecular weight excluding hydrogens is 420 g/mol. The number of rotatable bonds is 5. The summed E-state index contributed by atoms with van der Waals surface area (Å²) in [6, 6.07) is 7.81. The van der Waals surface area contributed by atoms with E-state index < -0.39 is 0 Å². The van der Waals surface area contributed by atoms with Gasteiger partial charge in [0.1, 0.15) is 11.6 Å². The van der Waals surface area contributed by atoms with Gasteiger partial charge in [-0.05, 0) is 30.9 Å². The van der Waals surface area contributed by atoms with Crippen molar-refractivity contribution < 1.29 is 9.53 Å². The highest BCUT2D eigenvalue weighted by molar-refractivity contribution is 5.94. The Bertz CT molecular complexity index is 1360. The van der Waals surface area contributed by atoms with E-state index in [-0.39, 0.29) is 11.9 Å². The monoisotopic (exact) mass is 444 g/mol. The zero-order chi connectivity index (χ0) is 22.4. The van der Waals surface area contributed by atoms with Crippen molar-refractivity contribution in [2.24, 2.45) is 0 Å². The number of nitrogens with one attached hydrogen (secondary N) is 3. The van der Waals surface area contributed by atoms with Crippen LogP contribution in [0.1, 0.15) is 40.8 Å². The Balaban J connectivity index is 1.33. The minimum atomic E-state index is -0.240. The maximum absolute atomic E-state index is 13.2. The van der Waals surface area contributed by atoms with Gasteiger partial charge in [-0.3, -0.25) is 4.79 Å². The van der Waals surface area contributed by atoms with Gasteiger partial charge in [0.15, 0.2) is 17.2 Å². The molecule has 6 rings (SSSR count). The molecule has 33 heavy (non-hydrogen) atoms. The average molecular weight is 444 g/mol. The predicted molar refractivity (Wildman–Crippen MR) is 123 cm³/mol. The number of hydrogen-bond donors (Lipinski definition) is 3. The summed E-state index contributed by atoms with van der Waals surface area (Å²) >= 11 is 0. The lowest BCUT2D eigenvalue weighted by Crippen LogP contribution is -2.29. The highest BCUT2D eigenvalue weighted by atomic mass is 16.5. The smallest absolute Gasteiger partial charge is 0.272 e. The van der Waals surface area contributed by atoms with E-state index in [1.54, 1.807) is 16.9 Å². The molecule has 3 N–H and O–H groups in total. The van der Waals surface area contributed by atoms with Gasteiger partial charge in [0.2, 0.25) is 0 Å². The van der Waals surface area contributed by atoms with Crippen LogP contribution < -0.4 is 20.7 Å². The van der Waals surface area contributed by atoms with Gasteiger partial charge in [0.25, 0.3) is 5.91 Å². The van der Waals surface area contributed by atoms with Gasteiger partial charge in [-0.2, -0.15) is 0 Å². The van der Waals surface area contributed by atoms with E-state index in [0.717, 1.165) is 48.8 Å². The topological polar surface area (TPSA) is 110 Å². The summed E-state index contributed by atoms with van der Waals surface area (Å²) in [5.41, 5.74) is 3.73. The molecule has 1 atom stereocenters. The summed E-state index contributed by atoms with van der Waals surface area (Å²) in [6.45, 7) is 1.54. The third kappa shape index (κ3) is 3.34. The van der Waals surface area contributed by atoms with E-state index in [1.165, 1.54) is 5.56 Å². The van der Waals surface area contributed by atoms with Gasteiger partial charge in [-0.1, -0.05) is 12.1 Å². The fraction of sp³-hybridized carbons (Fsp3) is 0.304. The Kier molecular flexibility index (Phi) is 4.63. The zero-order valence-electron chi connectivity index (χ0n) is 18.2. The van der Waals surface area contributed by atoms with Crippen LogP contribution in [0.5, 0.6) is 5.75 Å². The molecule has 0 fully saturated rings. The number of benzene rings is 1. The van der Waals surface area contributed by atoms with Gasteiger partial charge >= 0.3 is 0 Å². The Morgan fingerprint density at radius 3 is 3.09 bits per heavy atom. The molecular formula is C23H24N8O2. The number of aryl methyl sites for hydroxylation is 2. The van der Waals surface area contributed by atoms with Crippen LogP contribution in [0.15, 0.2) is 42.9 Å². The molecule has 10 heteroatoms. The Morgan fingerprint density at radius 2 is 2.18 bits per heavy atom. The molecule has 168 valence electrons. The third-order valence-corrected chi connectivity index (χ3v) is 6.19. The van der Waals surface area contributed by atoms with Gasteiger partial charge in [-0.15, -0.1) is 5.10 Å². The largest absolute Gasteiger partial charge is 0.491 e. The molecule has 0 saturated carbocycles. The molecule has 1 aromatic carbocycles. The molecule has 1 unspecified atom stereocenters. The fourth-order valence-corrected chi connectivity index (χ4v) is 4.58. The molecule has 5 heterocycles. The van der Waals surface area contributed by atoms with Crippen molar-refractivity contribution in [2.75, 3.05) is 24.3 Å². The molecule has 4 aromatic rings. The first kappa shape index (κ1) is 19.6. The van der Waals surface area contributed by atoms with Crippen LogP contribution >= 0.6 is 0 Å². The number of carbonyl (C=O) groups is 1. The highest BCUT2D eigenvalue weighted by Gasteiger charge is 2.27. The minimum absolute atomic E-state index is 0.129. The number of para-hydroxylation sites is 1. The second-order valence-corrected chi connectivity index (χ2v) is 8.24. The van der Waals surface area contributed by atoms with Crippen molar-refractivity contribution >= 4 is 28.7 Å². The second kappa shape index (κ2) is 7.80. The Hall–Kier alpha value is -4.08. The number of hydrogen-bond acceptors (Lipinski definition) is 7. The van der Waals surface area contributed by atoms with Crippen molar-refractivity contribution in [2.45, 2.75) is 31.8 Å². The first-order chi connectivity index (χ1) is 16.2. The van der Waals surface area contributed by atoms with Crippen LogP contribution in [0.3, 0.4) is 0 Å². The van der Waals surface area contributed by atoms with Crippen molar-refractivity contribution in [1.82, 2.24) is 29.5 Å². The standard InChI is InChI=1S/C23H24N8O2/c1-24-17-12-19(27-15-6-2-4-14-5-3-11-33-20(14)15)29-31-18(13-26-22(17)31)23(32)28-16-7-9-30-10-8-25-21(16)30/h2,4,6,8,10,12-13,16,24H,3,5,7,9,11H2,1H3,(H,27,29)(H,28,32). The van der Waals surface area contributed by atoms with Crippen molar-refractivity contribution in [1.29, 1.82) is 0 Å². The van der Waals surface area contributed by atoms with Crippen LogP contribution in [0.2, 0.25) is 0 Å². The third-order valence-electron chi connectivity index (χ3n) is 6.19. The number of aromatic nitrogens is 5. The van der Waals surface area contributed by atoms with Crippen molar-refractivity contribution in [3.05, 3.63) is 59.9 Å². The van der Waals surface area contributed by atoms with E-state index in [2.05, 4.69) is 41.7 Å². The summed E-state index contributed by atoms with van der Waals surface area (Å²) in [5, 5.41) is 14.3. The zero-order valence-corrected chi connectivity index (χ0v) is 18.2. The number of carbonyl (C=O) groups excluding carboxylic acids is 1. The number of ether oxygens (including phenoxy) is 1. The minimum Gasteiger partial charge on any atom is -0.491 e.